The SMILES string of the molecule is C[C@H](C(=O)N[C@H]1CCCC[C@@H]1c1ccccc1)S(C)(=O)=O. The molecule has 1 aromatic carbocycles. The maximum absolute atomic E-state index is 12.1. The number of benzene rings is 1. The molecule has 3 atom stereocenters. The highest BCUT2D eigenvalue weighted by atomic mass is 32.2. The number of carbonyl (C=O) groups excluding carboxylic acids is 1. The first-order valence-electron chi connectivity index (χ1n) is 7.44. The normalized spacial score (nSPS) is 24.3. The lowest BCUT2D eigenvalue weighted by Crippen LogP contribution is -2.46. The van der Waals surface area contributed by atoms with Crippen LogP contribution in [0, 0.1) is 0 Å². The molecule has 21 heavy (non-hydrogen) atoms. The van der Waals surface area contributed by atoms with Crippen molar-refractivity contribution in [2.45, 2.75) is 49.8 Å². The van der Waals surface area contributed by atoms with Crippen LogP contribution in [0.4, 0.5) is 0 Å². The van der Waals surface area contributed by atoms with Gasteiger partial charge in [-0.2, -0.15) is 0 Å². The van der Waals surface area contributed by atoms with Gasteiger partial charge in [0.15, 0.2) is 9.84 Å². The number of nitrogens with one attached hydrogen (secondary N) is 1. The van der Waals surface area contributed by atoms with Crippen LogP contribution in [-0.4, -0.2) is 31.9 Å². The largest absolute Gasteiger partial charge is 0.352 e. The summed E-state index contributed by atoms with van der Waals surface area (Å²) >= 11 is 0. The van der Waals surface area contributed by atoms with Crippen molar-refractivity contribution in [3.63, 3.8) is 0 Å². The minimum Gasteiger partial charge on any atom is -0.352 e. The molecular weight excluding hydrogens is 286 g/mol. The third-order valence-electron chi connectivity index (χ3n) is 4.33. The molecule has 1 saturated carbocycles. The number of hydrogen-bond acceptors (Lipinski definition) is 3. The lowest BCUT2D eigenvalue weighted by Gasteiger charge is -2.33. The average molecular weight is 309 g/mol. The van der Waals surface area contributed by atoms with Crippen molar-refractivity contribution in [3.05, 3.63) is 35.9 Å². The van der Waals surface area contributed by atoms with Gasteiger partial charge in [0.1, 0.15) is 5.25 Å². The highest BCUT2D eigenvalue weighted by Gasteiger charge is 2.31. The van der Waals surface area contributed by atoms with Crippen LogP contribution in [0.5, 0.6) is 0 Å². The molecule has 0 bridgehead atoms. The van der Waals surface area contributed by atoms with Crippen LogP contribution in [0.25, 0.3) is 0 Å². The van der Waals surface area contributed by atoms with Gasteiger partial charge in [0.05, 0.1) is 0 Å². The van der Waals surface area contributed by atoms with E-state index in [1.54, 1.807) is 0 Å². The summed E-state index contributed by atoms with van der Waals surface area (Å²) in [6.45, 7) is 1.45. The molecule has 2 rings (SSSR count). The first kappa shape index (κ1) is 16.0. The van der Waals surface area contributed by atoms with Crippen LogP contribution in [0.1, 0.15) is 44.1 Å². The van der Waals surface area contributed by atoms with Crippen molar-refractivity contribution >= 4 is 15.7 Å². The predicted octanol–water partition coefficient (Wildman–Crippen LogP) is 2.26. The third-order valence-corrected chi connectivity index (χ3v) is 5.83. The molecular formula is C16H23NO3S. The summed E-state index contributed by atoms with van der Waals surface area (Å²) in [7, 11) is -3.35. The van der Waals surface area contributed by atoms with Gasteiger partial charge in [-0.25, -0.2) is 8.42 Å². The van der Waals surface area contributed by atoms with E-state index in [2.05, 4.69) is 17.4 Å². The zero-order valence-corrected chi connectivity index (χ0v) is 13.4. The first-order valence-corrected chi connectivity index (χ1v) is 9.39. The second kappa shape index (κ2) is 6.60. The molecule has 0 aliphatic heterocycles. The smallest absolute Gasteiger partial charge is 0.238 e. The molecule has 1 amide bonds. The zero-order chi connectivity index (χ0) is 15.5. The van der Waals surface area contributed by atoms with E-state index < -0.39 is 15.1 Å². The van der Waals surface area contributed by atoms with Crippen molar-refractivity contribution in [2.75, 3.05) is 6.26 Å². The topological polar surface area (TPSA) is 63.2 Å². The Morgan fingerprint density at radius 2 is 1.81 bits per heavy atom. The van der Waals surface area contributed by atoms with Gasteiger partial charge in [-0.1, -0.05) is 43.2 Å². The summed E-state index contributed by atoms with van der Waals surface area (Å²) in [6.07, 6.45) is 5.26. The molecule has 0 radical (unpaired) electrons. The molecule has 0 saturated heterocycles. The highest BCUT2D eigenvalue weighted by Crippen LogP contribution is 2.33. The standard InChI is InChI=1S/C16H23NO3S/c1-12(21(2,19)20)16(18)17-15-11-7-6-10-14(15)13-8-4-3-5-9-13/h3-5,8-9,12,14-15H,6-7,10-11H2,1-2H3,(H,17,18)/t12-,14-,15+/m1/s1. The van der Waals surface area contributed by atoms with E-state index in [1.165, 1.54) is 12.5 Å². The molecule has 1 aromatic rings. The summed E-state index contributed by atoms with van der Waals surface area (Å²) in [5.74, 6) is -0.110. The van der Waals surface area contributed by atoms with Gasteiger partial charge in [-0.3, -0.25) is 4.79 Å². The molecule has 0 unspecified atom stereocenters. The van der Waals surface area contributed by atoms with Crippen LogP contribution >= 0.6 is 0 Å². The lowest BCUT2D eigenvalue weighted by atomic mass is 9.80. The minimum absolute atomic E-state index is 0.0258. The van der Waals surface area contributed by atoms with Gasteiger partial charge in [0.25, 0.3) is 0 Å². The van der Waals surface area contributed by atoms with Crippen molar-refractivity contribution in [3.8, 4) is 0 Å². The van der Waals surface area contributed by atoms with E-state index in [4.69, 9.17) is 0 Å². The molecule has 4 nitrogen and oxygen atoms in total. The molecule has 0 spiro atoms. The minimum atomic E-state index is -3.35. The fourth-order valence-electron chi connectivity index (χ4n) is 2.90. The van der Waals surface area contributed by atoms with Crippen LogP contribution in [0.3, 0.4) is 0 Å². The van der Waals surface area contributed by atoms with Gasteiger partial charge in [-0.05, 0) is 25.3 Å². The molecule has 1 aliphatic carbocycles. The van der Waals surface area contributed by atoms with Crippen LogP contribution in [0.15, 0.2) is 30.3 Å². The number of hydrogen-bond donors (Lipinski definition) is 1. The lowest BCUT2D eigenvalue weighted by molar-refractivity contribution is -0.121. The van der Waals surface area contributed by atoms with Crippen LogP contribution in [0.2, 0.25) is 0 Å². The Bertz CT molecular complexity index is 583. The van der Waals surface area contributed by atoms with Crippen molar-refractivity contribution < 1.29 is 13.2 Å². The molecule has 0 aromatic heterocycles. The van der Waals surface area contributed by atoms with E-state index in [0.29, 0.717) is 0 Å². The highest BCUT2D eigenvalue weighted by molar-refractivity contribution is 7.92. The van der Waals surface area contributed by atoms with Crippen molar-refractivity contribution in [1.29, 1.82) is 0 Å². The monoisotopic (exact) mass is 309 g/mol. The molecule has 0 heterocycles. The van der Waals surface area contributed by atoms with Gasteiger partial charge < -0.3 is 5.32 Å². The number of carbonyl (C=O) groups is 1. The molecule has 1 N–H and O–H groups in total. The van der Waals surface area contributed by atoms with Gasteiger partial charge >= 0.3 is 0 Å². The second-order valence-corrected chi connectivity index (χ2v) is 8.25. The van der Waals surface area contributed by atoms with E-state index in [-0.39, 0.29) is 17.9 Å². The number of sulfone groups is 1. The molecule has 1 fully saturated rings. The van der Waals surface area contributed by atoms with E-state index in [0.717, 1.165) is 31.9 Å². The Labute approximate surface area is 126 Å². The fraction of sp³-hybridized carbons (Fsp3) is 0.562. The summed E-state index contributed by atoms with van der Waals surface area (Å²) in [5.41, 5.74) is 1.22. The maximum atomic E-state index is 12.1. The Balaban J connectivity index is 2.11. The zero-order valence-electron chi connectivity index (χ0n) is 12.6. The third kappa shape index (κ3) is 4.06. The molecule has 116 valence electrons. The molecule has 5 heteroatoms. The predicted molar refractivity (Wildman–Crippen MR) is 83.9 cm³/mol. The van der Waals surface area contributed by atoms with Gasteiger partial charge in [0, 0.05) is 18.2 Å². The van der Waals surface area contributed by atoms with Crippen molar-refractivity contribution in [2.24, 2.45) is 0 Å². The van der Waals surface area contributed by atoms with Gasteiger partial charge in [0.2, 0.25) is 5.91 Å². The Kier molecular flexibility index (Phi) is 5.04. The summed E-state index contributed by atoms with van der Waals surface area (Å²) < 4.78 is 23.0. The number of rotatable bonds is 4. The average Bonchev–Trinajstić information content (AvgIpc) is 2.47. The Morgan fingerprint density at radius 3 is 2.43 bits per heavy atom. The first-order chi connectivity index (χ1) is 9.89. The Morgan fingerprint density at radius 1 is 1.19 bits per heavy atom. The fourth-order valence-corrected chi connectivity index (χ4v) is 3.35. The van der Waals surface area contributed by atoms with E-state index in [9.17, 15) is 13.2 Å². The van der Waals surface area contributed by atoms with E-state index in [1.807, 2.05) is 18.2 Å². The van der Waals surface area contributed by atoms with Gasteiger partial charge in [-0.15, -0.1) is 0 Å². The van der Waals surface area contributed by atoms with E-state index >= 15 is 0 Å². The van der Waals surface area contributed by atoms with Crippen LogP contribution in [-0.2, 0) is 14.6 Å². The Hall–Kier alpha value is -1.36. The summed E-state index contributed by atoms with van der Waals surface area (Å²) in [4.78, 5) is 12.1. The maximum Gasteiger partial charge on any atom is 0.238 e. The quantitative estimate of drug-likeness (QED) is 0.928. The second-order valence-electron chi connectivity index (χ2n) is 5.89. The summed E-state index contributed by atoms with van der Waals surface area (Å²) in [6, 6.07) is 10.2. The van der Waals surface area contributed by atoms with Crippen molar-refractivity contribution in [1.82, 2.24) is 5.32 Å². The number of amides is 1. The van der Waals surface area contributed by atoms with Crippen LogP contribution < -0.4 is 5.32 Å². The summed E-state index contributed by atoms with van der Waals surface area (Å²) in [5, 5.41) is 1.97. The molecule has 1 aliphatic rings.